The Morgan fingerprint density at radius 1 is 0.833 bits per heavy atom. The van der Waals surface area contributed by atoms with Gasteiger partial charge in [-0.15, -0.1) is 0 Å². The zero-order chi connectivity index (χ0) is 21.2. The molecule has 0 bridgehead atoms. The van der Waals surface area contributed by atoms with Crippen LogP contribution in [-0.4, -0.2) is 18.6 Å². The van der Waals surface area contributed by atoms with Crippen LogP contribution in [0.3, 0.4) is 0 Å². The van der Waals surface area contributed by atoms with Gasteiger partial charge in [0.2, 0.25) is 5.91 Å². The number of para-hydroxylation sites is 2. The molecule has 0 aromatic heterocycles. The lowest BCUT2D eigenvalue weighted by molar-refractivity contribution is -0.121. The second-order valence-corrected chi connectivity index (χ2v) is 6.57. The summed E-state index contributed by atoms with van der Waals surface area (Å²) in [7, 11) is 0. The number of ether oxygens (including phenoxy) is 1. The van der Waals surface area contributed by atoms with Crippen LogP contribution in [0.5, 0.6) is 0 Å². The fourth-order valence-corrected chi connectivity index (χ4v) is 3.04. The Hall–Kier alpha value is -3.80. The summed E-state index contributed by atoms with van der Waals surface area (Å²) in [4.78, 5) is 25.0. The summed E-state index contributed by atoms with van der Waals surface area (Å²) >= 11 is 0. The fraction of sp³-hybridized carbons (Fsp3) is 0.167. The largest absolute Gasteiger partial charge is 0.450 e. The predicted molar refractivity (Wildman–Crippen MR) is 117 cm³/mol. The van der Waals surface area contributed by atoms with Crippen molar-refractivity contribution in [2.45, 2.75) is 19.4 Å². The van der Waals surface area contributed by atoms with Crippen molar-refractivity contribution >= 4 is 23.4 Å². The Kier molecular flexibility index (Phi) is 7.44. The van der Waals surface area contributed by atoms with Crippen molar-refractivity contribution in [2.24, 2.45) is 0 Å². The van der Waals surface area contributed by atoms with E-state index >= 15 is 0 Å². The number of nitrogens with zero attached hydrogens (tertiary/aromatic N) is 1. The van der Waals surface area contributed by atoms with Gasteiger partial charge in [0.25, 0.3) is 0 Å². The zero-order valence-corrected chi connectivity index (χ0v) is 16.8. The first kappa shape index (κ1) is 20.9. The van der Waals surface area contributed by atoms with Crippen LogP contribution in [-0.2, 0) is 9.53 Å². The lowest BCUT2D eigenvalue weighted by Crippen LogP contribution is -2.41. The molecule has 0 aliphatic heterocycles. The number of amides is 2. The van der Waals surface area contributed by atoms with Crippen LogP contribution in [0.25, 0.3) is 0 Å². The minimum Gasteiger partial charge on any atom is -0.450 e. The monoisotopic (exact) mass is 403 g/mol. The number of carbonyl (C=O) groups excluding carboxylic acids is 2. The van der Waals surface area contributed by atoms with Crippen LogP contribution in [0.1, 0.15) is 24.9 Å². The fourth-order valence-electron chi connectivity index (χ4n) is 3.04. The van der Waals surface area contributed by atoms with Crippen molar-refractivity contribution in [2.75, 3.05) is 11.6 Å². The van der Waals surface area contributed by atoms with Gasteiger partial charge in [0, 0.05) is 0 Å². The van der Waals surface area contributed by atoms with Crippen molar-refractivity contribution in [3.8, 4) is 0 Å². The molecular weight excluding hydrogens is 378 g/mol. The number of carbonyl (C=O) groups is 2. The van der Waals surface area contributed by atoms with Crippen molar-refractivity contribution < 1.29 is 14.3 Å². The maximum absolute atomic E-state index is 13.0. The molecule has 0 radical (unpaired) electrons. The minimum absolute atomic E-state index is 0.0546. The topological polar surface area (TPSA) is 70.7 Å². The van der Waals surface area contributed by atoms with Crippen LogP contribution < -0.4 is 15.8 Å². The highest BCUT2D eigenvalue weighted by molar-refractivity contribution is 5.82. The van der Waals surface area contributed by atoms with Gasteiger partial charge in [-0.2, -0.15) is 0 Å². The van der Waals surface area contributed by atoms with Crippen molar-refractivity contribution in [3.63, 3.8) is 0 Å². The normalized spacial score (nSPS) is 11.2. The van der Waals surface area contributed by atoms with Gasteiger partial charge < -0.3 is 10.1 Å². The van der Waals surface area contributed by atoms with E-state index in [9.17, 15) is 9.59 Å². The van der Waals surface area contributed by atoms with Gasteiger partial charge in [-0.1, -0.05) is 66.7 Å². The maximum Gasteiger partial charge on any atom is 0.407 e. The molecule has 0 heterocycles. The molecule has 1 atom stereocenters. The van der Waals surface area contributed by atoms with Crippen LogP contribution in [0.4, 0.5) is 16.2 Å². The average molecular weight is 403 g/mol. The lowest BCUT2D eigenvalue weighted by Gasteiger charge is -2.27. The van der Waals surface area contributed by atoms with E-state index in [2.05, 4.69) is 10.7 Å². The molecular formula is C24H25N3O3. The number of rotatable bonds is 8. The molecule has 0 spiro atoms. The molecule has 0 aliphatic rings. The van der Waals surface area contributed by atoms with Crippen molar-refractivity contribution in [1.82, 2.24) is 10.7 Å². The quantitative estimate of drug-likeness (QED) is 0.533. The molecule has 154 valence electrons. The highest BCUT2D eigenvalue weighted by Crippen LogP contribution is 2.23. The van der Waals surface area contributed by atoms with E-state index in [0.29, 0.717) is 0 Å². The number of hydrogen-bond acceptors (Lipinski definition) is 4. The summed E-state index contributed by atoms with van der Waals surface area (Å²) in [6.07, 6.45) is -0.499. The zero-order valence-electron chi connectivity index (χ0n) is 16.8. The summed E-state index contributed by atoms with van der Waals surface area (Å²) in [5.74, 6) is -0.242. The van der Waals surface area contributed by atoms with E-state index in [4.69, 9.17) is 4.74 Å². The van der Waals surface area contributed by atoms with Gasteiger partial charge >= 0.3 is 6.09 Å². The number of alkyl carbamates (subject to hydrolysis) is 1. The standard InChI is InChI=1S/C24H25N3O3/c1-2-30-24(29)25-22(19-12-6-3-7-13-19)18-23(28)26-27(20-14-8-4-9-15-20)21-16-10-5-11-17-21/h3-17,22H,2,18H2,1H3,(H,25,29)(H,26,28)/t22-/m1/s1. The number of hydrogen-bond donors (Lipinski definition) is 2. The molecule has 3 rings (SSSR count). The Bertz CT molecular complexity index is 894. The molecule has 0 saturated heterocycles. The van der Waals surface area contributed by atoms with E-state index in [-0.39, 0.29) is 18.9 Å². The third-order valence-electron chi connectivity index (χ3n) is 4.42. The van der Waals surface area contributed by atoms with E-state index in [1.807, 2.05) is 91.0 Å². The molecule has 3 aromatic carbocycles. The smallest absolute Gasteiger partial charge is 0.407 e. The van der Waals surface area contributed by atoms with Crippen LogP contribution >= 0.6 is 0 Å². The molecule has 0 fully saturated rings. The Morgan fingerprint density at radius 2 is 1.33 bits per heavy atom. The molecule has 3 aromatic rings. The molecule has 30 heavy (non-hydrogen) atoms. The predicted octanol–water partition coefficient (Wildman–Crippen LogP) is 4.73. The second kappa shape index (κ2) is 10.7. The van der Waals surface area contributed by atoms with Crippen LogP contribution in [0.2, 0.25) is 0 Å². The van der Waals surface area contributed by atoms with Gasteiger partial charge in [0.05, 0.1) is 30.4 Å². The highest BCUT2D eigenvalue weighted by Gasteiger charge is 2.21. The molecule has 0 unspecified atom stereocenters. The Morgan fingerprint density at radius 3 is 1.83 bits per heavy atom. The molecule has 0 aliphatic carbocycles. The molecule has 6 nitrogen and oxygen atoms in total. The lowest BCUT2D eigenvalue weighted by atomic mass is 10.0. The van der Waals surface area contributed by atoms with Crippen LogP contribution in [0, 0.1) is 0 Å². The number of benzene rings is 3. The SMILES string of the molecule is CCOC(=O)N[C@H](CC(=O)NN(c1ccccc1)c1ccccc1)c1ccccc1. The van der Waals surface area contributed by atoms with Gasteiger partial charge in [-0.25, -0.2) is 4.79 Å². The molecule has 0 saturated carbocycles. The minimum atomic E-state index is -0.554. The Balaban J connectivity index is 1.79. The first-order valence-corrected chi connectivity index (χ1v) is 9.85. The van der Waals surface area contributed by atoms with Gasteiger partial charge in [0.1, 0.15) is 0 Å². The summed E-state index contributed by atoms with van der Waals surface area (Å²) < 4.78 is 5.00. The highest BCUT2D eigenvalue weighted by atomic mass is 16.5. The van der Waals surface area contributed by atoms with Gasteiger partial charge in [0.15, 0.2) is 0 Å². The van der Waals surface area contributed by atoms with Gasteiger partial charge in [-0.05, 0) is 36.8 Å². The van der Waals surface area contributed by atoms with Gasteiger partial charge in [-0.3, -0.25) is 15.2 Å². The number of hydrazine groups is 1. The first-order valence-electron chi connectivity index (χ1n) is 9.85. The molecule has 6 heteroatoms. The van der Waals surface area contributed by atoms with E-state index in [1.165, 1.54) is 0 Å². The number of nitrogens with one attached hydrogen (secondary N) is 2. The van der Waals surface area contributed by atoms with Crippen molar-refractivity contribution in [3.05, 3.63) is 96.6 Å². The maximum atomic E-state index is 13.0. The third kappa shape index (κ3) is 5.85. The molecule has 2 amide bonds. The van der Waals surface area contributed by atoms with E-state index < -0.39 is 12.1 Å². The van der Waals surface area contributed by atoms with Crippen LogP contribution in [0.15, 0.2) is 91.0 Å². The third-order valence-corrected chi connectivity index (χ3v) is 4.42. The summed E-state index contributed by atoms with van der Waals surface area (Å²) in [6.45, 7) is 2.00. The first-order chi connectivity index (χ1) is 14.7. The summed E-state index contributed by atoms with van der Waals surface area (Å²) in [6, 6.07) is 28.0. The summed E-state index contributed by atoms with van der Waals surface area (Å²) in [5.41, 5.74) is 5.43. The number of anilines is 2. The summed E-state index contributed by atoms with van der Waals surface area (Å²) in [5, 5.41) is 4.51. The second-order valence-electron chi connectivity index (χ2n) is 6.57. The Labute approximate surface area is 176 Å². The average Bonchev–Trinajstić information content (AvgIpc) is 2.79. The van der Waals surface area contributed by atoms with Crippen molar-refractivity contribution in [1.29, 1.82) is 0 Å². The van der Waals surface area contributed by atoms with E-state index in [0.717, 1.165) is 16.9 Å². The van der Waals surface area contributed by atoms with E-state index in [1.54, 1.807) is 11.9 Å². The molecule has 2 N–H and O–H groups in total.